The molecule has 0 aliphatic heterocycles. The summed E-state index contributed by atoms with van der Waals surface area (Å²) >= 11 is 0. The molecule has 0 saturated carbocycles. The van der Waals surface area contributed by atoms with E-state index in [1.165, 1.54) is 42.5 Å². The predicted molar refractivity (Wildman–Crippen MR) is 91.0 cm³/mol. The average molecular weight is 371 g/mol. The van der Waals surface area contributed by atoms with Crippen LogP contribution in [0.25, 0.3) is 11.5 Å². The molecule has 3 aromatic rings. The van der Waals surface area contributed by atoms with Gasteiger partial charge in [0.2, 0.25) is 5.89 Å². The smallest absolute Gasteiger partial charge is 0.311 e. The van der Waals surface area contributed by atoms with Crippen molar-refractivity contribution in [2.45, 2.75) is 19.4 Å². The monoisotopic (exact) mass is 371 g/mol. The van der Waals surface area contributed by atoms with Gasteiger partial charge in [-0.2, -0.15) is 0 Å². The summed E-state index contributed by atoms with van der Waals surface area (Å²) in [5.41, 5.74) is 0.931. The van der Waals surface area contributed by atoms with E-state index < -0.39 is 22.8 Å². The lowest BCUT2D eigenvalue weighted by molar-refractivity contribution is -0.384. The fraction of sp³-hybridized carbons (Fsp3) is 0.167. The van der Waals surface area contributed by atoms with Crippen LogP contribution < -0.4 is 0 Å². The summed E-state index contributed by atoms with van der Waals surface area (Å²) in [4.78, 5) is 22.2. The highest BCUT2D eigenvalue weighted by Crippen LogP contribution is 2.24. The molecule has 8 nitrogen and oxygen atoms in total. The number of benzene rings is 2. The van der Waals surface area contributed by atoms with Crippen molar-refractivity contribution in [2.24, 2.45) is 0 Å². The van der Waals surface area contributed by atoms with Crippen molar-refractivity contribution >= 4 is 11.7 Å². The van der Waals surface area contributed by atoms with Crippen LogP contribution in [0, 0.1) is 15.9 Å². The van der Waals surface area contributed by atoms with E-state index in [-0.39, 0.29) is 23.9 Å². The van der Waals surface area contributed by atoms with Gasteiger partial charge in [-0.1, -0.05) is 12.1 Å². The van der Waals surface area contributed by atoms with Gasteiger partial charge in [-0.05, 0) is 36.8 Å². The maximum atomic E-state index is 13.2. The quantitative estimate of drug-likeness (QED) is 0.370. The molecule has 9 heteroatoms. The largest absolute Gasteiger partial charge is 0.452 e. The van der Waals surface area contributed by atoms with Crippen molar-refractivity contribution in [1.29, 1.82) is 0 Å². The number of non-ortho nitro benzene ring substituents is 1. The lowest BCUT2D eigenvalue weighted by Crippen LogP contribution is -2.11. The second kappa shape index (κ2) is 7.73. The third kappa shape index (κ3) is 4.51. The van der Waals surface area contributed by atoms with Crippen molar-refractivity contribution in [2.75, 3.05) is 0 Å². The van der Waals surface area contributed by atoms with Gasteiger partial charge in [0.1, 0.15) is 5.82 Å². The molecule has 1 aromatic heterocycles. The zero-order chi connectivity index (χ0) is 19.4. The Balaban J connectivity index is 1.64. The van der Waals surface area contributed by atoms with Gasteiger partial charge in [0, 0.05) is 17.7 Å². The van der Waals surface area contributed by atoms with Crippen LogP contribution in [-0.4, -0.2) is 21.1 Å². The molecule has 0 bridgehead atoms. The van der Waals surface area contributed by atoms with Gasteiger partial charge in [-0.15, -0.1) is 10.2 Å². The molecule has 0 saturated heterocycles. The minimum atomic E-state index is -0.801. The van der Waals surface area contributed by atoms with Gasteiger partial charge >= 0.3 is 5.97 Å². The minimum Gasteiger partial charge on any atom is -0.452 e. The van der Waals surface area contributed by atoms with Gasteiger partial charge in [0.05, 0.1) is 11.3 Å². The number of carbonyl (C=O) groups excluding carboxylic acids is 1. The molecule has 0 unspecified atom stereocenters. The van der Waals surface area contributed by atoms with E-state index in [9.17, 15) is 19.3 Å². The van der Waals surface area contributed by atoms with E-state index in [4.69, 9.17) is 9.15 Å². The van der Waals surface area contributed by atoms with Crippen LogP contribution in [0.1, 0.15) is 24.5 Å². The fourth-order valence-corrected chi connectivity index (χ4v) is 2.34. The number of aromatic nitrogens is 2. The molecule has 1 heterocycles. The number of nitro benzene ring substituents is 1. The standard InChI is InChI=1S/C18H14FN3O5/c1-11(26-16(23)10-12-3-2-4-14(19)9-12)17-20-21-18(27-17)13-5-7-15(8-6-13)22(24)25/h2-9,11H,10H2,1H3/t11-/m0/s1. The first-order valence-electron chi connectivity index (χ1n) is 7.94. The first-order chi connectivity index (χ1) is 12.9. The number of nitrogens with zero attached hydrogens (tertiary/aromatic N) is 3. The Labute approximate surface area is 152 Å². The molecule has 0 amide bonds. The third-order valence-electron chi connectivity index (χ3n) is 3.66. The Kier molecular flexibility index (Phi) is 5.20. The van der Waals surface area contributed by atoms with Crippen LogP contribution in [0.15, 0.2) is 52.9 Å². The molecule has 0 radical (unpaired) electrons. The molecule has 0 spiro atoms. The lowest BCUT2D eigenvalue weighted by atomic mass is 10.1. The Bertz CT molecular complexity index is 971. The second-order valence-electron chi connectivity index (χ2n) is 5.69. The molecule has 0 fully saturated rings. The Morgan fingerprint density at radius 3 is 2.67 bits per heavy atom. The fourth-order valence-electron chi connectivity index (χ4n) is 2.34. The van der Waals surface area contributed by atoms with E-state index in [2.05, 4.69) is 10.2 Å². The van der Waals surface area contributed by atoms with Crippen LogP contribution in [0.3, 0.4) is 0 Å². The molecule has 27 heavy (non-hydrogen) atoms. The van der Waals surface area contributed by atoms with Gasteiger partial charge in [-0.25, -0.2) is 4.39 Å². The van der Waals surface area contributed by atoms with E-state index in [0.717, 1.165) is 0 Å². The SMILES string of the molecule is C[C@H](OC(=O)Cc1cccc(F)c1)c1nnc(-c2ccc([N+](=O)[O-])cc2)o1. The summed E-state index contributed by atoms with van der Waals surface area (Å²) in [7, 11) is 0. The summed E-state index contributed by atoms with van der Waals surface area (Å²) in [6.45, 7) is 1.57. The topological polar surface area (TPSA) is 108 Å². The van der Waals surface area contributed by atoms with Crippen LogP contribution >= 0.6 is 0 Å². The van der Waals surface area contributed by atoms with Crippen molar-refractivity contribution in [1.82, 2.24) is 10.2 Å². The number of ether oxygens (including phenoxy) is 1. The minimum absolute atomic E-state index is 0.0573. The number of hydrogen-bond acceptors (Lipinski definition) is 7. The summed E-state index contributed by atoms with van der Waals surface area (Å²) < 4.78 is 23.9. The third-order valence-corrected chi connectivity index (χ3v) is 3.66. The first kappa shape index (κ1) is 18.2. The molecule has 138 valence electrons. The van der Waals surface area contributed by atoms with Crippen molar-refractivity contribution < 1.29 is 23.3 Å². The predicted octanol–water partition coefficient (Wildman–Crippen LogP) is 3.63. The zero-order valence-corrected chi connectivity index (χ0v) is 14.2. The first-order valence-corrected chi connectivity index (χ1v) is 7.94. The molecule has 0 aliphatic carbocycles. The zero-order valence-electron chi connectivity index (χ0n) is 14.2. The highest BCUT2D eigenvalue weighted by atomic mass is 19.1. The normalized spacial score (nSPS) is 11.8. The van der Waals surface area contributed by atoms with E-state index in [0.29, 0.717) is 11.1 Å². The molecule has 2 aromatic carbocycles. The summed E-state index contributed by atoms with van der Waals surface area (Å²) in [6.07, 6.45) is -0.892. The molecule has 3 rings (SSSR count). The van der Waals surface area contributed by atoms with Gasteiger partial charge in [-0.3, -0.25) is 14.9 Å². The lowest BCUT2D eigenvalue weighted by Gasteiger charge is -2.09. The molecule has 0 aliphatic rings. The highest BCUT2D eigenvalue weighted by molar-refractivity contribution is 5.72. The summed E-state index contributed by atoms with van der Waals surface area (Å²) in [5, 5.41) is 18.4. The van der Waals surface area contributed by atoms with Gasteiger partial charge in [0.15, 0.2) is 6.10 Å². The summed E-state index contributed by atoms with van der Waals surface area (Å²) in [5.74, 6) is -0.773. The van der Waals surface area contributed by atoms with E-state index >= 15 is 0 Å². The molecule has 0 N–H and O–H groups in total. The molecular formula is C18H14FN3O5. The number of nitro groups is 1. The molecule has 1 atom stereocenters. The maximum absolute atomic E-state index is 13.2. The van der Waals surface area contributed by atoms with Crippen LogP contribution in [0.4, 0.5) is 10.1 Å². The number of esters is 1. The van der Waals surface area contributed by atoms with Crippen LogP contribution in [-0.2, 0) is 16.0 Å². The summed E-state index contributed by atoms with van der Waals surface area (Å²) in [6, 6.07) is 11.3. The average Bonchev–Trinajstić information content (AvgIpc) is 3.12. The molecular weight excluding hydrogens is 357 g/mol. The van der Waals surface area contributed by atoms with Crippen molar-refractivity contribution in [3.05, 3.63) is 75.9 Å². The van der Waals surface area contributed by atoms with Gasteiger partial charge in [0.25, 0.3) is 11.6 Å². The second-order valence-corrected chi connectivity index (χ2v) is 5.69. The van der Waals surface area contributed by atoms with E-state index in [1.54, 1.807) is 13.0 Å². The van der Waals surface area contributed by atoms with Gasteiger partial charge < -0.3 is 9.15 Å². The number of hydrogen-bond donors (Lipinski definition) is 0. The van der Waals surface area contributed by atoms with Crippen molar-refractivity contribution in [3.8, 4) is 11.5 Å². The Morgan fingerprint density at radius 2 is 2.00 bits per heavy atom. The Hall–Kier alpha value is -3.62. The van der Waals surface area contributed by atoms with Crippen molar-refractivity contribution in [3.63, 3.8) is 0 Å². The maximum Gasteiger partial charge on any atom is 0.311 e. The van der Waals surface area contributed by atoms with Crippen LogP contribution in [0.5, 0.6) is 0 Å². The number of rotatable bonds is 6. The number of halogens is 1. The Morgan fingerprint density at radius 1 is 1.26 bits per heavy atom. The number of carbonyl (C=O) groups is 1. The van der Waals surface area contributed by atoms with E-state index in [1.807, 2.05) is 0 Å². The highest BCUT2D eigenvalue weighted by Gasteiger charge is 2.19. The van der Waals surface area contributed by atoms with Crippen LogP contribution in [0.2, 0.25) is 0 Å².